The lowest BCUT2D eigenvalue weighted by Gasteiger charge is -2.33. The van der Waals surface area contributed by atoms with Crippen molar-refractivity contribution in [2.45, 2.75) is 33.4 Å². The number of hydrogen-bond donors (Lipinski definition) is 2. The molecule has 12 nitrogen and oxygen atoms in total. The van der Waals surface area contributed by atoms with Crippen molar-refractivity contribution >= 4 is 21.8 Å². The van der Waals surface area contributed by atoms with E-state index >= 15 is 0 Å². The molecule has 2 saturated heterocycles. The lowest BCUT2D eigenvalue weighted by molar-refractivity contribution is 0.177. The molecule has 284 valence electrons. The van der Waals surface area contributed by atoms with Gasteiger partial charge in [-0.05, 0) is 80.4 Å². The van der Waals surface area contributed by atoms with Gasteiger partial charge in [0.2, 0.25) is 0 Å². The topological polar surface area (TPSA) is 119 Å². The number of para-hydroxylation sites is 3. The zero-order valence-electron chi connectivity index (χ0n) is 31.8. The summed E-state index contributed by atoms with van der Waals surface area (Å²) in [4.78, 5) is 44.2. The lowest BCUT2D eigenvalue weighted by Crippen LogP contribution is -2.45. The highest BCUT2D eigenvalue weighted by Crippen LogP contribution is 2.33. The standard InChI is InChI=1S/C43H48N8O4/c1-4-54-38-13-9-8-12-36(38)50-40(28-48-22-18-44-19-23-48)46-35-16-14-30(26-33(35)43(50)53)31-15-17-39(55-5-2)37(27-31)51-41(29(3)49-24-20-45-21-25-49)47-34-11-7-6-10-32(34)42(51)52/h6-17,26-27,29,44-45H,4-5,18-25,28H2,1-3H3. The number of hydrogen-bond acceptors (Lipinski definition) is 10. The maximum Gasteiger partial charge on any atom is 0.266 e. The third-order valence-corrected chi connectivity index (χ3v) is 10.6. The van der Waals surface area contributed by atoms with Crippen molar-refractivity contribution in [3.8, 4) is 34.0 Å². The van der Waals surface area contributed by atoms with Gasteiger partial charge in [-0.15, -0.1) is 0 Å². The molecule has 0 radical (unpaired) electrons. The van der Waals surface area contributed by atoms with E-state index in [0.717, 1.165) is 63.5 Å². The van der Waals surface area contributed by atoms with Crippen LogP contribution in [0.15, 0.2) is 94.5 Å². The quantitative estimate of drug-likeness (QED) is 0.190. The molecule has 55 heavy (non-hydrogen) atoms. The summed E-state index contributed by atoms with van der Waals surface area (Å²) in [5.74, 6) is 2.52. The van der Waals surface area contributed by atoms with Gasteiger partial charge < -0.3 is 20.1 Å². The van der Waals surface area contributed by atoms with E-state index in [0.29, 0.717) is 76.1 Å². The summed E-state index contributed by atoms with van der Waals surface area (Å²) in [5.41, 5.74) is 3.87. The number of piperazine rings is 2. The minimum Gasteiger partial charge on any atom is -0.492 e. The Morgan fingerprint density at radius 3 is 2.04 bits per heavy atom. The molecule has 12 heteroatoms. The highest BCUT2D eigenvalue weighted by atomic mass is 16.5. The number of benzene rings is 4. The van der Waals surface area contributed by atoms with E-state index in [1.807, 2.05) is 98.8 Å². The number of nitrogens with zero attached hydrogens (tertiary/aromatic N) is 6. The van der Waals surface area contributed by atoms with Gasteiger partial charge in [0.15, 0.2) is 0 Å². The van der Waals surface area contributed by atoms with Crippen molar-refractivity contribution in [1.29, 1.82) is 0 Å². The van der Waals surface area contributed by atoms with Crippen molar-refractivity contribution in [3.05, 3.63) is 117 Å². The van der Waals surface area contributed by atoms with Gasteiger partial charge in [-0.1, -0.05) is 36.4 Å². The van der Waals surface area contributed by atoms with Crippen LogP contribution in [-0.2, 0) is 6.54 Å². The second-order valence-corrected chi connectivity index (χ2v) is 14.0. The van der Waals surface area contributed by atoms with Crippen molar-refractivity contribution in [2.75, 3.05) is 65.6 Å². The third kappa shape index (κ3) is 7.26. The fourth-order valence-corrected chi connectivity index (χ4v) is 7.80. The van der Waals surface area contributed by atoms with Gasteiger partial charge in [-0.25, -0.2) is 9.97 Å². The van der Waals surface area contributed by atoms with Crippen LogP contribution < -0.4 is 31.2 Å². The van der Waals surface area contributed by atoms with Gasteiger partial charge in [-0.2, -0.15) is 0 Å². The van der Waals surface area contributed by atoms with Gasteiger partial charge in [0.05, 0.1) is 59.0 Å². The second-order valence-electron chi connectivity index (χ2n) is 14.0. The normalized spacial score (nSPS) is 16.1. The molecule has 1 atom stereocenters. The van der Waals surface area contributed by atoms with Crippen LogP contribution in [0.3, 0.4) is 0 Å². The molecular formula is C43H48N8O4. The summed E-state index contributed by atoms with van der Waals surface area (Å²) in [6.07, 6.45) is 0. The van der Waals surface area contributed by atoms with E-state index in [1.54, 1.807) is 9.13 Å². The summed E-state index contributed by atoms with van der Waals surface area (Å²) < 4.78 is 15.7. The van der Waals surface area contributed by atoms with Crippen molar-refractivity contribution in [2.24, 2.45) is 0 Å². The summed E-state index contributed by atoms with van der Waals surface area (Å²) in [6, 6.07) is 26.7. The lowest BCUT2D eigenvalue weighted by atomic mass is 10.0. The van der Waals surface area contributed by atoms with Crippen molar-refractivity contribution in [3.63, 3.8) is 0 Å². The molecule has 1 unspecified atom stereocenters. The molecule has 2 aliphatic heterocycles. The highest BCUT2D eigenvalue weighted by Gasteiger charge is 2.26. The van der Waals surface area contributed by atoms with Crippen LogP contribution in [0.2, 0.25) is 0 Å². The highest BCUT2D eigenvalue weighted by molar-refractivity contribution is 5.85. The summed E-state index contributed by atoms with van der Waals surface area (Å²) in [5, 5.41) is 7.86. The largest absolute Gasteiger partial charge is 0.492 e. The molecule has 2 aliphatic rings. The minimum absolute atomic E-state index is 0.141. The Hall–Kier alpha value is -5.40. The van der Waals surface area contributed by atoms with Crippen LogP contribution in [0.4, 0.5) is 0 Å². The van der Waals surface area contributed by atoms with Crippen LogP contribution in [0.1, 0.15) is 38.5 Å². The summed E-state index contributed by atoms with van der Waals surface area (Å²) in [6.45, 7) is 14.3. The molecule has 2 aromatic heterocycles. The second kappa shape index (κ2) is 16.1. The van der Waals surface area contributed by atoms with Gasteiger partial charge in [-0.3, -0.25) is 28.5 Å². The Labute approximate surface area is 320 Å². The molecule has 4 heterocycles. The first-order chi connectivity index (χ1) is 26.9. The third-order valence-electron chi connectivity index (χ3n) is 10.6. The molecule has 6 aromatic rings. The molecule has 0 spiro atoms. The molecule has 2 N–H and O–H groups in total. The van der Waals surface area contributed by atoms with Gasteiger partial charge in [0.25, 0.3) is 11.1 Å². The van der Waals surface area contributed by atoms with Crippen LogP contribution in [0, 0.1) is 0 Å². The fraction of sp³-hybridized carbons (Fsp3) is 0.349. The van der Waals surface area contributed by atoms with Gasteiger partial charge in [0, 0.05) is 52.4 Å². The van der Waals surface area contributed by atoms with Crippen molar-refractivity contribution < 1.29 is 9.47 Å². The van der Waals surface area contributed by atoms with Crippen LogP contribution in [0.5, 0.6) is 11.5 Å². The van der Waals surface area contributed by atoms with E-state index < -0.39 is 0 Å². The Kier molecular flexibility index (Phi) is 10.7. The number of ether oxygens (including phenoxy) is 2. The number of fused-ring (bicyclic) bond motifs is 2. The minimum atomic E-state index is -0.169. The van der Waals surface area contributed by atoms with Gasteiger partial charge in [0.1, 0.15) is 23.1 Å². The Balaban J connectivity index is 1.30. The number of nitrogens with one attached hydrogen (secondary N) is 2. The Morgan fingerprint density at radius 1 is 0.655 bits per heavy atom. The zero-order valence-corrected chi connectivity index (χ0v) is 31.8. The monoisotopic (exact) mass is 740 g/mol. The smallest absolute Gasteiger partial charge is 0.266 e. The van der Waals surface area contributed by atoms with Gasteiger partial charge >= 0.3 is 0 Å². The van der Waals surface area contributed by atoms with E-state index in [1.165, 1.54) is 0 Å². The molecule has 0 amide bonds. The maximum absolute atomic E-state index is 14.8. The molecule has 0 aliphatic carbocycles. The van der Waals surface area contributed by atoms with Crippen LogP contribution in [0.25, 0.3) is 44.3 Å². The average Bonchev–Trinajstić information content (AvgIpc) is 3.22. The Bertz CT molecular complexity index is 2450. The van der Waals surface area contributed by atoms with E-state index in [4.69, 9.17) is 19.4 Å². The Morgan fingerprint density at radius 2 is 1.27 bits per heavy atom. The number of rotatable bonds is 11. The molecule has 0 bridgehead atoms. The first-order valence-corrected chi connectivity index (χ1v) is 19.4. The van der Waals surface area contributed by atoms with Crippen molar-refractivity contribution in [1.82, 2.24) is 39.5 Å². The predicted octanol–water partition coefficient (Wildman–Crippen LogP) is 4.92. The molecule has 2 fully saturated rings. The number of aromatic nitrogens is 4. The summed E-state index contributed by atoms with van der Waals surface area (Å²) >= 11 is 0. The van der Waals surface area contributed by atoms with E-state index in [-0.39, 0.29) is 17.2 Å². The maximum atomic E-state index is 14.8. The molecular weight excluding hydrogens is 693 g/mol. The first-order valence-electron chi connectivity index (χ1n) is 19.4. The van der Waals surface area contributed by atoms with Crippen LogP contribution in [-0.4, -0.2) is 94.5 Å². The molecule has 4 aromatic carbocycles. The van der Waals surface area contributed by atoms with E-state index in [2.05, 4.69) is 27.4 Å². The zero-order chi connectivity index (χ0) is 37.9. The average molecular weight is 741 g/mol. The SMILES string of the molecule is CCOc1ccccc1-n1c(CN2CCNCC2)nc2ccc(-c3ccc(OCC)c(-n4c(C(C)N5CCNCC5)nc5ccccc5c4=O)c3)cc2c1=O. The van der Waals surface area contributed by atoms with E-state index in [9.17, 15) is 9.59 Å². The summed E-state index contributed by atoms with van der Waals surface area (Å²) in [7, 11) is 0. The molecule has 8 rings (SSSR count). The first kappa shape index (κ1) is 36.6. The molecule has 0 saturated carbocycles. The fourth-order valence-electron chi connectivity index (χ4n) is 7.80. The van der Waals surface area contributed by atoms with Crippen LogP contribution >= 0.6 is 0 Å². The predicted molar refractivity (Wildman–Crippen MR) is 217 cm³/mol.